The molecule has 2 atom stereocenters. The fourth-order valence-corrected chi connectivity index (χ4v) is 3.22. The maximum absolute atomic E-state index is 12.2. The average molecular weight is 316 g/mol. The van der Waals surface area contributed by atoms with E-state index in [0.29, 0.717) is 18.8 Å². The fraction of sp³-hybridized carbons (Fsp3) is 0.556. The van der Waals surface area contributed by atoms with Crippen molar-refractivity contribution < 1.29 is 14.3 Å². The summed E-state index contributed by atoms with van der Waals surface area (Å²) in [7, 11) is 0. The summed E-state index contributed by atoms with van der Waals surface area (Å²) in [4.78, 5) is 26.2. The molecule has 2 bridgehead atoms. The van der Waals surface area contributed by atoms with Crippen LogP contribution in [0.2, 0.25) is 0 Å². The van der Waals surface area contributed by atoms with Crippen molar-refractivity contribution in [2.75, 3.05) is 19.8 Å². The van der Waals surface area contributed by atoms with Gasteiger partial charge in [-0.05, 0) is 29.5 Å². The van der Waals surface area contributed by atoms with Gasteiger partial charge in [-0.1, -0.05) is 32.9 Å². The predicted molar refractivity (Wildman–Crippen MR) is 87.3 cm³/mol. The number of amides is 2. The van der Waals surface area contributed by atoms with Gasteiger partial charge in [0.05, 0.1) is 31.8 Å². The Bertz CT molecular complexity index is 590. The fourth-order valence-electron chi connectivity index (χ4n) is 3.22. The highest BCUT2D eigenvalue weighted by molar-refractivity contribution is 5.96. The first-order chi connectivity index (χ1) is 10.9. The zero-order chi connectivity index (χ0) is 16.6. The molecule has 2 saturated heterocycles. The molecule has 2 aliphatic rings. The zero-order valence-corrected chi connectivity index (χ0v) is 14.0. The summed E-state index contributed by atoms with van der Waals surface area (Å²) in [6.45, 7) is 7.68. The van der Waals surface area contributed by atoms with Crippen molar-refractivity contribution in [3.8, 4) is 0 Å². The van der Waals surface area contributed by atoms with Gasteiger partial charge in [0.25, 0.3) is 5.91 Å². The van der Waals surface area contributed by atoms with Crippen LogP contribution in [0.5, 0.6) is 0 Å². The summed E-state index contributed by atoms with van der Waals surface area (Å²) in [6.07, 6.45) is 1.02. The van der Waals surface area contributed by atoms with Gasteiger partial charge >= 0.3 is 0 Å². The van der Waals surface area contributed by atoms with Gasteiger partial charge in [0.15, 0.2) is 0 Å². The van der Waals surface area contributed by atoms with E-state index >= 15 is 0 Å². The molecule has 2 heterocycles. The molecule has 1 N–H and O–H groups in total. The number of hydrogen-bond donors (Lipinski definition) is 1. The molecule has 1 aromatic rings. The molecule has 0 saturated carbocycles. The summed E-state index contributed by atoms with van der Waals surface area (Å²) >= 11 is 0. The second-order valence-corrected chi connectivity index (χ2v) is 7.39. The third-order valence-corrected chi connectivity index (χ3v) is 4.65. The monoisotopic (exact) mass is 316 g/mol. The molecule has 23 heavy (non-hydrogen) atoms. The largest absolute Gasteiger partial charge is 0.377 e. The van der Waals surface area contributed by atoms with Gasteiger partial charge in [-0.25, -0.2) is 0 Å². The Kier molecular flexibility index (Phi) is 4.15. The Morgan fingerprint density at radius 1 is 1.17 bits per heavy atom. The first-order valence-corrected chi connectivity index (χ1v) is 8.14. The maximum Gasteiger partial charge on any atom is 0.251 e. The molecule has 0 aromatic heterocycles. The smallest absolute Gasteiger partial charge is 0.251 e. The van der Waals surface area contributed by atoms with Crippen molar-refractivity contribution in [3.05, 3.63) is 35.4 Å². The van der Waals surface area contributed by atoms with Crippen LogP contribution in [-0.2, 0) is 14.9 Å². The minimum atomic E-state index is -0.208. The van der Waals surface area contributed by atoms with Crippen LogP contribution in [0.25, 0.3) is 0 Å². The number of nitrogens with one attached hydrogen (secondary N) is 1. The van der Waals surface area contributed by atoms with E-state index < -0.39 is 0 Å². The highest BCUT2D eigenvalue weighted by Crippen LogP contribution is 2.30. The van der Waals surface area contributed by atoms with Crippen molar-refractivity contribution in [2.24, 2.45) is 0 Å². The number of hydrogen-bond acceptors (Lipinski definition) is 3. The lowest BCUT2D eigenvalue weighted by Gasteiger charge is -2.52. The molecule has 2 aliphatic heterocycles. The third-order valence-electron chi connectivity index (χ3n) is 4.65. The first kappa shape index (κ1) is 16.0. The highest BCUT2D eigenvalue weighted by Gasteiger charge is 2.44. The first-order valence-electron chi connectivity index (χ1n) is 8.14. The van der Waals surface area contributed by atoms with Crippen molar-refractivity contribution in [2.45, 2.75) is 44.7 Å². The van der Waals surface area contributed by atoms with E-state index in [9.17, 15) is 9.59 Å². The van der Waals surface area contributed by atoms with Crippen molar-refractivity contribution in [1.29, 1.82) is 0 Å². The predicted octanol–water partition coefficient (Wildman–Crippen LogP) is 1.71. The standard InChI is InChI=1S/C18H24N2O3/c1-18(2,3)13-6-4-12(5-7-13)17(22)19-9-16(21)20-14-8-15(20)11-23-10-14/h4-7,14-15H,8-11H2,1-3H3,(H,19,22)/t14-,15-/m1/s1. The molecule has 0 radical (unpaired) electrons. The lowest BCUT2D eigenvalue weighted by atomic mass is 9.87. The Morgan fingerprint density at radius 3 is 2.30 bits per heavy atom. The van der Waals surface area contributed by atoms with Crippen LogP contribution >= 0.6 is 0 Å². The molecule has 124 valence electrons. The molecule has 5 nitrogen and oxygen atoms in total. The summed E-state index contributed by atoms with van der Waals surface area (Å²) < 4.78 is 5.36. The molecular formula is C18H24N2O3. The van der Waals surface area contributed by atoms with E-state index in [4.69, 9.17) is 4.74 Å². The van der Waals surface area contributed by atoms with Crippen LogP contribution < -0.4 is 5.32 Å². The lowest BCUT2D eigenvalue weighted by Crippen LogP contribution is -2.66. The molecule has 2 amide bonds. The molecule has 0 aliphatic carbocycles. The minimum Gasteiger partial charge on any atom is -0.377 e. The molecule has 0 spiro atoms. The van der Waals surface area contributed by atoms with Crippen molar-refractivity contribution in [3.63, 3.8) is 0 Å². The van der Waals surface area contributed by atoms with Crippen molar-refractivity contribution in [1.82, 2.24) is 10.2 Å². The van der Waals surface area contributed by atoms with Crippen LogP contribution in [0.4, 0.5) is 0 Å². The van der Waals surface area contributed by atoms with E-state index in [-0.39, 0.29) is 35.9 Å². The number of rotatable bonds is 3. The summed E-state index contributed by atoms with van der Waals surface area (Å²) in [5.41, 5.74) is 1.82. The Labute approximate surface area is 137 Å². The van der Waals surface area contributed by atoms with Gasteiger partial charge in [-0.3, -0.25) is 9.59 Å². The number of morpholine rings is 1. The van der Waals surface area contributed by atoms with Gasteiger partial charge in [-0.2, -0.15) is 0 Å². The van der Waals surface area contributed by atoms with Crippen LogP contribution in [-0.4, -0.2) is 48.6 Å². The normalized spacial score (nSPS) is 23.2. The Hall–Kier alpha value is -1.88. The summed E-state index contributed by atoms with van der Waals surface area (Å²) in [5.74, 6) is -0.227. The third kappa shape index (κ3) is 3.24. The van der Waals surface area contributed by atoms with Crippen LogP contribution in [0.1, 0.15) is 43.1 Å². The second-order valence-electron chi connectivity index (χ2n) is 7.39. The Balaban J connectivity index is 1.54. The van der Waals surface area contributed by atoms with E-state index in [1.165, 1.54) is 5.56 Å². The number of nitrogens with zero attached hydrogens (tertiary/aromatic N) is 1. The summed E-state index contributed by atoms with van der Waals surface area (Å²) in [5, 5.41) is 2.72. The van der Waals surface area contributed by atoms with E-state index in [1.54, 1.807) is 0 Å². The zero-order valence-electron chi connectivity index (χ0n) is 14.0. The topological polar surface area (TPSA) is 58.6 Å². The Morgan fingerprint density at radius 2 is 1.78 bits per heavy atom. The molecule has 1 aromatic carbocycles. The van der Waals surface area contributed by atoms with Crippen LogP contribution in [0.3, 0.4) is 0 Å². The number of fused-ring (bicyclic) bond motifs is 2. The van der Waals surface area contributed by atoms with Crippen LogP contribution in [0, 0.1) is 0 Å². The number of carbonyl (C=O) groups is 2. The van der Waals surface area contributed by atoms with Gasteiger partial charge in [0.1, 0.15) is 0 Å². The van der Waals surface area contributed by atoms with E-state index in [1.807, 2.05) is 29.2 Å². The van der Waals surface area contributed by atoms with Gasteiger partial charge < -0.3 is 15.0 Å². The van der Waals surface area contributed by atoms with E-state index in [2.05, 4.69) is 26.1 Å². The number of benzene rings is 1. The molecule has 2 fully saturated rings. The van der Waals surface area contributed by atoms with Gasteiger partial charge in [0.2, 0.25) is 5.91 Å². The number of ether oxygens (including phenoxy) is 1. The van der Waals surface area contributed by atoms with Gasteiger partial charge in [-0.15, -0.1) is 0 Å². The molecule has 0 unspecified atom stereocenters. The van der Waals surface area contributed by atoms with E-state index in [0.717, 1.165) is 6.42 Å². The molecule has 5 heteroatoms. The SMILES string of the molecule is CC(C)(C)c1ccc(C(=O)NCC(=O)N2[C@H]3COC[C@H]2C3)cc1. The average Bonchev–Trinajstić information content (AvgIpc) is 2.52. The molecular weight excluding hydrogens is 292 g/mol. The maximum atomic E-state index is 12.2. The number of carbonyl (C=O) groups excluding carboxylic acids is 2. The van der Waals surface area contributed by atoms with Crippen LogP contribution in [0.15, 0.2) is 24.3 Å². The van der Waals surface area contributed by atoms with Gasteiger partial charge in [0, 0.05) is 5.56 Å². The molecule has 3 rings (SSSR count). The quantitative estimate of drug-likeness (QED) is 0.923. The highest BCUT2D eigenvalue weighted by atomic mass is 16.5. The minimum absolute atomic E-state index is 0.0192. The second kappa shape index (κ2) is 5.96. The lowest BCUT2D eigenvalue weighted by molar-refractivity contribution is -0.166. The van der Waals surface area contributed by atoms with Crippen molar-refractivity contribution >= 4 is 11.8 Å². The summed E-state index contributed by atoms with van der Waals surface area (Å²) in [6, 6.07) is 7.95.